The van der Waals surface area contributed by atoms with Gasteiger partial charge in [0, 0.05) is 12.0 Å². The topological polar surface area (TPSA) is 73.9 Å². The monoisotopic (exact) mass is 321 g/mol. The zero-order valence-electron chi connectivity index (χ0n) is 13.8. The summed E-state index contributed by atoms with van der Waals surface area (Å²) in [6.45, 7) is 5.00. The summed E-state index contributed by atoms with van der Waals surface area (Å²) in [6.07, 6.45) is 1.55. The average Bonchev–Trinajstić information content (AvgIpc) is 2.82. The van der Waals surface area contributed by atoms with Crippen LogP contribution < -0.4 is 14.8 Å². The maximum Gasteiger partial charge on any atom is 0.328 e. The molecule has 0 radical (unpaired) electrons. The van der Waals surface area contributed by atoms with Gasteiger partial charge >= 0.3 is 5.97 Å². The number of ether oxygens (including phenoxy) is 3. The molecule has 6 nitrogen and oxygen atoms in total. The van der Waals surface area contributed by atoms with Crippen LogP contribution in [0.4, 0.5) is 0 Å². The van der Waals surface area contributed by atoms with Crippen molar-refractivity contribution in [2.75, 3.05) is 20.3 Å². The Labute approximate surface area is 136 Å². The van der Waals surface area contributed by atoms with Crippen LogP contribution in [0.2, 0.25) is 0 Å². The third-order valence-corrected chi connectivity index (χ3v) is 3.96. The van der Waals surface area contributed by atoms with Crippen LogP contribution in [0.5, 0.6) is 11.5 Å². The molecular formula is C17H23NO5. The molecule has 0 bridgehead atoms. The Bertz CT molecular complexity index is 572. The first-order valence-corrected chi connectivity index (χ1v) is 7.85. The van der Waals surface area contributed by atoms with Crippen molar-refractivity contribution in [3.05, 3.63) is 23.8 Å². The van der Waals surface area contributed by atoms with E-state index in [1.807, 2.05) is 13.8 Å². The molecule has 1 aliphatic heterocycles. The highest BCUT2D eigenvalue weighted by Crippen LogP contribution is 2.30. The minimum atomic E-state index is -0.673. The van der Waals surface area contributed by atoms with Crippen molar-refractivity contribution >= 4 is 11.9 Å². The summed E-state index contributed by atoms with van der Waals surface area (Å²) in [5.74, 6) is 0.379. The number of amides is 1. The summed E-state index contributed by atoms with van der Waals surface area (Å²) in [4.78, 5) is 24.3. The second kappa shape index (κ2) is 7.85. The molecule has 1 aromatic rings. The van der Waals surface area contributed by atoms with E-state index in [4.69, 9.17) is 14.2 Å². The SMILES string of the molecule is CC[C@@H](C)[C@H](NC(=O)c1ccc2c(c1)OCCCO2)C(=O)OC. The van der Waals surface area contributed by atoms with Gasteiger partial charge < -0.3 is 19.5 Å². The molecule has 126 valence electrons. The van der Waals surface area contributed by atoms with Crippen LogP contribution >= 0.6 is 0 Å². The van der Waals surface area contributed by atoms with E-state index in [-0.39, 0.29) is 11.8 Å². The highest BCUT2D eigenvalue weighted by molar-refractivity contribution is 5.97. The lowest BCUT2D eigenvalue weighted by atomic mass is 9.99. The van der Waals surface area contributed by atoms with E-state index in [0.717, 1.165) is 12.8 Å². The average molecular weight is 321 g/mol. The molecule has 0 saturated carbocycles. The highest BCUT2D eigenvalue weighted by atomic mass is 16.5. The molecule has 0 aromatic heterocycles. The number of benzene rings is 1. The lowest BCUT2D eigenvalue weighted by Gasteiger charge is -2.22. The summed E-state index contributed by atoms with van der Waals surface area (Å²) in [5, 5.41) is 2.75. The smallest absolute Gasteiger partial charge is 0.328 e. The number of rotatable bonds is 5. The van der Waals surface area contributed by atoms with Crippen LogP contribution in [0.15, 0.2) is 18.2 Å². The van der Waals surface area contributed by atoms with Gasteiger partial charge in [-0.1, -0.05) is 20.3 Å². The first-order chi connectivity index (χ1) is 11.1. The van der Waals surface area contributed by atoms with Crippen molar-refractivity contribution < 1.29 is 23.8 Å². The van der Waals surface area contributed by atoms with Crippen LogP contribution in [0.1, 0.15) is 37.0 Å². The van der Waals surface area contributed by atoms with Gasteiger partial charge in [-0.2, -0.15) is 0 Å². The van der Waals surface area contributed by atoms with Gasteiger partial charge in [0.15, 0.2) is 11.5 Å². The predicted octanol–water partition coefficient (Wildman–Crippen LogP) is 2.17. The lowest BCUT2D eigenvalue weighted by molar-refractivity contribution is -0.144. The second-order valence-electron chi connectivity index (χ2n) is 5.57. The molecule has 0 saturated heterocycles. The molecule has 0 spiro atoms. The Balaban J connectivity index is 2.16. The Kier molecular flexibility index (Phi) is 5.84. The number of fused-ring (bicyclic) bond motifs is 1. The molecule has 1 amide bonds. The van der Waals surface area contributed by atoms with Crippen molar-refractivity contribution in [2.24, 2.45) is 5.92 Å². The van der Waals surface area contributed by atoms with Crippen LogP contribution in [-0.4, -0.2) is 38.2 Å². The van der Waals surface area contributed by atoms with E-state index in [2.05, 4.69) is 5.32 Å². The van der Waals surface area contributed by atoms with Gasteiger partial charge in [-0.3, -0.25) is 4.79 Å². The third kappa shape index (κ3) is 4.15. The summed E-state index contributed by atoms with van der Waals surface area (Å²) >= 11 is 0. The van der Waals surface area contributed by atoms with Crippen molar-refractivity contribution in [1.82, 2.24) is 5.32 Å². The third-order valence-electron chi connectivity index (χ3n) is 3.96. The molecule has 1 aromatic carbocycles. The van der Waals surface area contributed by atoms with Crippen molar-refractivity contribution in [3.8, 4) is 11.5 Å². The fourth-order valence-electron chi connectivity index (χ4n) is 2.33. The van der Waals surface area contributed by atoms with Crippen LogP contribution in [0.25, 0.3) is 0 Å². The highest BCUT2D eigenvalue weighted by Gasteiger charge is 2.27. The minimum Gasteiger partial charge on any atom is -0.490 e. The van der Waals surface area contributed by atoms with Gasteiger partial charge in [0.1, 0.15) is 6.04 Å². The van der Waals surface area contributed by atoms with E-state index in [1.54, 1.807) is 18.2 Å². The van der Waals surface area contributed by atoms with Crippen molar-refractivity contribution in [1.29, 1.82) is 0 Å². The molecule has 1 N–H and O–H groups in total. The fraction of sp³-hybridized carbons (Fsp3) is 0.529. The summed E-state index contributed by atoms with van der Waals surface area (Å²) in [6, 6.07) is 4.34. The second-order valence-corrected chi connectivity index (χ2v) is 5.57. The number of methoxy groups -OCH3 is 1. The molecule has 0 aliphatic carbocycles. The molecular weight excluding hydrogens is 298 g/mol. The summed E-state index contributed by atoms with van der Waals surface area (Å²) < 4.78 is 15.9. The number of carbonyl (C=O) groups is 2. The van der Waals surface area contributed by atoms with Crippen molar-refractivity contribution in [2.45, 2.75) is 32.7 Å². The van der Waals surface area contributed by atoms with E-state index in [9.17, 15) is 9.59 Å². The van der Waals surface area contributed by atoms with Gasteiger partial charge in [-0.15, -0.1) is 0 Å². The summed E-state index contributed by atoms with van der Waals surface area (Å²) in [5.41, 5.74) is 0.423. The Hall–Kier alpha value is -2.24. The Morgan fingerprint density at radius 3 is 2.61 bits per heavy atom. The van der Waals surface area contributed by atoms with Gasteiger partial charge in [0.2, 0.25) is 0 Å². The number of nitrogens with one attached hydrogen (secondary N) is 1. The predicted molar refractivity (Wildman–Crippen MR) is 84.8 cm³/mol. The van der Waals surface area contributed by atoms with Crippen LogP contribution in [0.3, 0.4) is 0 Å². The number of carbonyl (C=O) groups excluding carboxylic acids is 2. The van der Waals surface area contributed by atoms with E-state index >= 15 is 0 Å². The van der Waals surface area contributed by atoms with E-state index in [1.165, 1.54) is 7.11 Å². The van der Waals surface area contributed by atoms with Gasteiger partial charge in [0.05, 0.1) is 20.3 Å². The van der Waals surface area contributed by atoms with Gasteiger partial charge in [0.25, 0.3) is 5.91 Å². The number of esters is 1. The summed E-state index contributed by atoms with van der Waals surface area (Å²) in [7, 11) is 1.32. The molecule has 23 heavy (non-hydrogen) atoms. The van der Waals surface area contributed by atoms with Gasteiger partial charge in [-0.05, 0) is 24.1 Å². The molecule has 6 heteroatoms. The molecule has 2 rings (SSSR count). The molecule has 0 fully saturated rings. The Morgan fingerprint density at radius 1 is 1.26 bits per heavy atom. The maximum atomic E-state index is 12.5. The van der Waals surface area contributed by atoms with E-state index < -0.39 is 12.0 Å². The normalized spacial score (nSPS) is 16.0. The Morgan fingerprint density at radius 2 is 1.96 bits per heavy atom. The standard InChI is InChI=1S/C17H23NO5/c1-4-11(2)15(17(20)21-3)18-16(19)12-6-7-13-14(10-12)23-9-5-8-22-13/h6-7,10-11,15H,4-5,8-9H2,1-3H3,(H,18,19)/t11-,15+/m1/s1. The lowest BCUT2D eigenvalue weighted by Crippen LogP contribution is -2.45. The van der Waals surface area contributed by atoms with Crippen LogP contribution in [-0.2, 0) is 9.53 Å². The quantitative estimate of drug-likeness (QED) is 0.841. The largest absolute Gasteiger partial charge is 0.490 e. The molecule has 1 aliphatic rings. The molecule has 1 heterocycles. The molecule has 0 unspecified atom stereocenters. The van der Waals surface area contributed by atoms with Crippen LogP contribution in [0, 0.1) is 5.92 Å². The zero-order chi connectivity index (χ0) is 16.8. The first-order valence-electron chi connectivity index (χ1n) is 7.85. The van der Waals surface area contributed by atoms with E-state index in [0.29, 0.717) is 30.3 Å². The van der Waals surface area contributed by atoms with Gasteiger partial charge in [-0.25, -0.2) is 4.79 Å². The number of hydrogen-bond donors (Lipinski definition) is 1. The molecule has 2 atom stereocenters. The fourth-order valence-corrected chi connectivity index (χ4v) is 2.33. The minimum absolute atomic E-state index is 0.0215. The number of hydrogen-bond acceptors (Lipinski definition) is 5. The van der Waals surface area contributed by atoms with Crippen molar-refractivity contribution in [3.63, 3.8) is 0 Å². The first kappa shape index (κ1) is 17.1. The maximum absolute atomic E-state index is 12.5. The zero-order valence-corrected chi connectivity index (χ0v) is 13.8.